The zero-order valence-corrected chi connectivity index (χ0v) is 14.1. The number of ether oxygens (including phenoxy) is 2. The fourth-order valence-electron chi connectivity index (χ4n) is 2.68. The Morgan fingerprint density at radius 3 is 2.14 bits per heavy atom. The number of para-hydroxylation sites is 2. The van der Waals surface area contributed by atoms with Gasteiger partial charge in [0.1, 0.15) is 5.92 Å². The molecule has 1 N–H and O–H groups in total. The molecule has 5 heteroatoms. The number of carbonyl (C=O) groups excluding carboxylic acids is 1. The van der Waals surface area contributed by atoms with Crippen LogP contribution in [0.3, 0.4) is 0 Å². The molecule has 2 unspecified atom stereocenters. The molecule has 0 saturated heterocycles. The number of hydrogen-bond donors (Lipinski definition) is 1. The highest BCUT2D eigenvalue weighted by molar-refractivity contribution is 5.79. The lowest BCUT2D eigenvalue weighted by atomic mass is 10.0. The predicted molar refractivity (Wildman–Crippen MR) is 85.8 cm³/mol. The van der Waals surface area contributed by atoms with Gasteiger partial charge >= 0.3 is 0 Å². The molecule has 0 aromatic heterocycles. The molecule has 2 rings (SSSR count). The number of carbonyl (C=O) groups is 1. The zero-order valence-electron chi connectivity index (χ0n) is 14.1. The summed E-state index contributed by atoms with van der Waals surface area (Å²) in [4.78, 5) is 14.7. The van der Waals surface area contributed by atoms with Crippen LogP contribution in [-0.4, -0.2) is 35.8 Å². The quantitative estimate of drug-likeness (QED) is 0.821. The van der Waals surface area contributed by atoms with Gasteiger partial charge in [-0.05, 0) is 39.1 Å². The Kier molecular flexibility index (Phi) is 4.96. The van der Waals surface area contributed by atoms with Crippen molar-refractivity contribution in [1.29, 1.82) is 0 Å². The Bertz CT molecular complexity index is 503. The van der Waals surface area contributed by atoms with Crippen molar-refractivity contribution in [2.75, 3.05) is 13.1 Å². The van der Waals surface area contributed by atoms with E-state index in [1.165, 1.54) is 0 Å². The molecule has 22 heavy (non-hydrogen) atoms. The molecule has 0 radical (unpaired) electrons. The minimum atomic E-state index is -0.975. The normalized spacial score (nSPS) is 18.1. The molecule has 1 aliphatic rings. The number of nitrogens with zero attached hydrogens (tertiary/aromatic N) is 1. The van der Waals surface area contributed by atoms with E-state index < -0.39 is 11.7 Å². The Balaban J connectivity index is 2.02. The van der Waals surface area contributed by atoms with E-state index in [0.717, 1.165) is 13.1 Å². The second kappa shape index (κ2) is 6.57. The van der Waals surface area contributed by atoms with Gasteiger partial charge in [-0.2, -0.15) is 0 Å². The second-order valence-corrected chi connectivity index (χ2v) is 5.79. The molecule has 0 spiro atoms. The van der Waals surface area contributed by atoms with Crippen LogP contribution in [0.25, 0.3) is 0 Å². The van der Waals surface area contributed by atoms with E-state index in [2.05, 4.69) is 24.1 Å². The van der Waals surface area contributed by atoms with E-state index in [0.29, 0.717) is 11.5 Å². The van der Waals surface area contributed by atoms with Gasteiger partial charge in [-0.1, -0.05) is 26.0 Å². The molecular formula is C17H26N2O3. The van der Waals surface area contributed by atoms with Gasteiger partial charge in [0.15, 0.2) is 11.5 Å². The molecule has 5 nitrogen and oxygen atoms in total. The van der Waals surface area contributed by atoms with Crippen LogP contribution in [0, 0.1) is 5.92 Å². The first-order valence-electron chi connectivity index (χ1n) is 7.92. The number of fused-ring (bicyclic) bond motifs is 1. The van der Waals surface area contributed by atoms with Crippen LogP contribution >= 0.6 is 0 Å². The van der Waals surface area contributed by atoms with Crippen LogP contribution in [0.1, 0.15) is 34.6 Å². The average Bonchev–Trinajstić information content (AvgIpc) is 2.84. The predicted octanol–water partition coefficient (Wildman–Crippen LogP) is 2.61. The van der Waals surface area contributed by atoms with Gasteiger partial charge in [0, 0.05) is 6.92 Å². The molecule has 0 bridgehead atoms. The summed E-state index contributed by atoms with van der Waals surface area (Å²) in [6.45, 7) is 11.6. The van der Waals surface area contributed by atoms with Crippen molar-refractivity contribution in [3.63, 3.8) is 0 Å². The SMILES string of the molecule is CCN(CC)C(C)NC(=O)C(C)C1(C)Oc2ccccc2O1. The fourth-order valence-corrected chi connectivity index (χ4v) is 2.68. The van der Waals surface area contributed by atoms with Crippen LogP contribution in [0.5, 0.6) is 11.5 Å². The molecule has 1 aromatic carbocycles. The molecular weight excluding hydrogens is 280 g/mol. The topological polar surface area (TPSA) is 50.8 Å². The van der Waals surface area contributed by atoms with Gasteiger partial charge in [0.2, 0.25) is 5.91 Å². The van der Waals surface area contributed by atoms with Gasteiger partial charge in [0.25, 0.3) is 5.79 Å². The third-order valence-corrected chi connectivity index (χ3v) is 4.37. The molecule has 0 aliphatic carbocycles. The van der Waals surface area contributed by atoms with Gasteiger partial charge < -0.3 is 14.8 Å². The number of rotatable bonds is 6. The monoisotopic (exact) mass is 306 g/mol. The summed E-state index contributed by atoms with van der Waals surface area (Å²) in [5.74, 6) is -0.119. The van der Waals surface area contributed by atoms with E-state index >= 15 is 0 Å². The average molecular weight is 306 g/mol. The van der Waals surface area contributed by atoms with Crippen molar-refractivity contribution in [3.05, 3.63) is 24.3 Å². The van der Waals surface area contributed by atoms with E-state index in [4.69, 9.17) is 9.47 Å². The van der Waals surface area contributed by atoms with E-state index in [9.17, 15) is 4.79 Å². The summed E-state index contributed by atoms with van der Waals surface area (Å²) in [5, 5.41) is 3.04. The van der Waals surface area contributed by atoms with E-state index in [1.54, 1.807) is 6.92 Å². The number of amides is 1. The Labute approximate surface area is 132 Å². The standard InChI is InChI=1S/C17H26N2O3/c1-6-19(7-2)13(4)18-16(20)12(3)17(5)21-14-10-8-9-11-15(14)22-17/h8-13H,6-7H2,1-5H3,(H,18,20). The maximum atomic E-state index is 12.5. The van der Waals surface area contributed by atoms with Crippen LogP contribution in [-0.2, 0) is 4.79 Å². The molecule has 0 fully saturated rings. The summed E-state index contributed by atoms with van der Waals surface area (Å²) >= 11 is 0. The van der Waals surface area contributed by atoms with Crippen molar-refractivity contribution >= 4 is 5.91 Å². The highest BCUT2D eigenvalue weighted by Crippen LogP contribution is 2.41. The van der Waals surface area contributed by atoms with E-state index in [-0.39, 0.29) is 12.1 Å². The van der Waals surface area contributed by atoms with Crippen molar-refractivity contribution in [2.45, 2.75) is 46.6 Å². The zero-order chi connectivity index (χ0) is 16.3. The van der Waals surface area contributed by atoms with Gasteiger partial charge in [-0.3, -0.25) is 9.69 Å². The molecule has 1 aromatic rings. The lowest BCUT2D eigenvalue weighted by Crippen LogP contribution is -2.54. The highest BCUT2D eigenvalue weighted by atomic mass is 16.7. The minimum absolute atomic E-state index is 0.0164. The molecule has 122 valence electrons. The molecule has 0 saturated carbocycles. The number of hydrogen-bond acceptors (Lipinski definition) is 4. The third-order valence-electron chi connectivity index (χ3n) is 4.37. The first-order valence-corrected chi connectivity index (χ1v) is 7.92. The van der Waals surface area contributed by atoms with Gasteiger partial charge in [-0.15, -0.1) is 0 Å². The summed E-state index contributed by atoms with van der Waals surface area (Å²) in [6.07, 6.45) is -0.0164. The maximum Gasteiger partial charge on any atom is 0.260 e. The Morgan fingerprint density at radius 1 is 1.18 bits per heavy atom. The van der Waals surface area contributed by atoms with Crippen molar-refractivity contribution < 1.29 is 14.3 Å². The lowest BCUT2D eigenvalue weighted by Gasteiger charge is -2.32. The third kappa shape index (κ3) is 3.19. The fraction of sp³-hybridized carbons (Fsp3) is 0.588. The Morgan fingerprint density at radius 2 is 1.68 bits per heavy atom. The molecule has 1 aliphatic heterocycles. The van der Waals surface area contributed by atoms with Crippen LogP contribution in [0.15, 0.2) is 24.3 Å². The lowest BCUT2D eigenvalue weighted by molar-refractivity contribution is -0.149. The highest BCUT2D eigenvalue weighted by Gasteiger charge is 2.45. The summed E-state index contributed by atoms with van der Waals surface area (Å²) in [5.41, 5.74) is 0. The number of benzene rings is 1. The first-order chi connectivity index (χ1) is 10.4. The summed E-state index contributed by atoms with van der Waals surface area (Å²) in [7, 11) is 0. The van der Waals surface area contributed by atoms with Crippen LogP contribution in [0.4, 0.5) is 0 Å². The molecule has 1 amide bonds. The molecule has 1 heterocycles. The maximum absolute atomic E-state index is 12.5. The summed E-state index contributed by atoms with van der Waals surface area (Å²) < 4.78 is 11.8. The van der Waals surface area contributed by atoms with Gasteiger partial charge in [-0.25, -0.2) is 0 Å². The van der Waals surface area contributed by atoms with E-state index in [1.807, 2.05) is 38.1 Å². The van der Waals surface area contributed by atoms with Gasteiger partial charge in [0.05, 0.1) is 6.17 Å². The largest absolute Gasteiger partial charge is 0.448 e. The van der Waals surface area contributed by atoms with Crippen molar-refractivity contribution in [3.8, 4) is 11.5 Å². The first kappa shape index (κ1) is 16.6. The second-order valence-electron chi connectivity index (χ2n) is 5.79. The van der Waals surface area contributed by atoms with Crippen molar-refractivity contribution in [1.82, 2.24) is 10.2 Å². The Hall–Kier alpha value is -1.75. The van der Waals surface area contributed by atoms with Crippen LogP contribution in [0.2, 0.25) is 0 Å². The van der Waals surface area contributed by atoms with Crippen molar-refractivity contribution in [2.24, 2.45) is 5.92 Å². The van der Waals surface area contributed by atoms with Crippen LogP contribution < -0.4 is 14.8 Å². The minimum Gasteiger partial charge on any atom is -0.448 e. The number of nitrogens with one attached hydrogen (secondary N) is 1. The smallest absolute Gasteiger partial charge is 0.260 e. The molecule has 2 atom stereocenters. The summed E-state index contributed by atoms with van der Waals surface area (Å²) in [6, 6.07) is 7.48.